The third kappa shape index (κ3) is 2.49. The minimum Gasteiger partial charge on any atom is -0.506 e. The zero-order chi connectivity index (χ0) is 13.1. The molecule has 0 aliphatic rings. The molecule has 18 heavy (non-hydrogen) atoms. The first-order valence-electron chi connectivity index (χ1n) is 5.48. The second-order valence-electron chi connectivity index (χ2n) is 3.73. The van der Waals surface area contributed by atoms with Crippen LogP contribution in [0.4, 0.5) is 5.69 Å². The summed E-state index contributed by atoms with van der Waals surface area (Å²) < 4.78 is 5.18. The fourth-order valence-corrected chi connectivity index (χ4v) is 1.72. The molecule has 5 heteroatoms. The van der Waals surface area contributed by atoms with Gasteiger partial charge in [-0.25, -0.2) is 0 Å². The van der Waals surface area contributed by atoms with Gasteiger partial charge in [-0.3, -0.25) is 4.79 Å². The van der Waals surface area contributed by atoms with E-state index in [1.807, 2.05) is 6.92 Å². The van der Waals surface area contributed by atoms with Crippen LogP contribution in [-0.4, -0.2) is 11.0 Å². The monoisotopic (exact) mass is 265 g/mol. The Morgan fingerprint density at radius 1 is 1.44 bits per heavy atom. The van der Waals surface area contributed by atoms with Crippen molar-refractivity contribution in [2.24, 2.45) is 0 Å². The van der Waals surface area contributed by atoms with Gasteiger partial charge in [-0.15, -0.1) is 0 Å². The van der Waals surface area contributed by atoms with Crippen LogP contribution >= 0.6 is 11.6 Å². The number of aromatic hydroxyl groups is 1. The number of furan rings is 1. The second-order valence-corrected chi connectivity index (χ2v) is 4.14. The summed E-state index contributed by atoms with van der Waals surface area (Å²) in [5.41, 5.74) is 0.970. The molecule has 0 spiro atoms. The average molecular weight is 266 g/mol. The zero-order valence-electron chi connectivity index (χ0n) is 9.74. The number of amides is 1. The van der Waals surface area contributed by atoms with Crippen LogP contribution in [0.25, 0.3) is 0 Å². The Labute approximate surface area is 109 Å². The lowest BCUT2D eigenvalue weighted by Crippen LogP contribution is -2.12. The highest BCUT2D eigenvalue weighted by atomic mass is 35.5. The molecule has 0 saturated carbocycles. The molecule has 2 rings (SSSR count). The average Bonchev–Trinajstić information content (AvgIpc) is 2.82. The predicted octanol–water partition coefficient (Wildman–Crippen LogP) is 3.45. The summed E-state index contributed by atoms with van der Waals surface area (Å²) >= 11 is 5.69. The van der Waals surface area contributed by atoms with Gasteiger partial charge in [0.1, 0.15) is 11.5 Å². The second kappa shape index (κ2) is 5.14. The Morgan fingerprint density at radius 3 is 2.89 bits per heavy atom. The molecule has 0 saturated heterocycles. The third-order valence-electron chi connectivity index (χ3n) is 2.52. The maximum atomic E-state index is 12.0. The van der Waals surface area contributed by atoms with E-state index in [2.05, 4.69) is 5.32 Å². The van der Waals surface area contributed by atoms with Gasteiger partial charge >= 0.3 is 0 Å². The van der Waals surface area contributed by atoms with Crippen molar-refractivity contribution in [2.45, 2.75) is 13.3 Å². The first-order chi connectivity index (χ1) is 8.61. The Bertz CT molecular complexity index is 577. The van der Waals surface area contributed by atoms with Crippen LogP contribution in [-0.2, 0) is 6.42 Å². The van der Waals surface area contributed by atoms with E-state index in [4.69, 9.17) is 16.0 Å². The number of phenols is 1. The van der Waals surface area contributed by atoms with Gasteiger partial charge in [0.2, 0.25) is 0 Å². The highest BCUT2D eigenvalue weighted by Gasteiger charge is 2.13. The summed E-state index contributed by atoms with van der Waals surface area (Å²) in [6, 6.07) is 6.14. The van der Waals surface area contributed by atoms with Crippen LogP contribution in [0.5, 0.6) is 5.75 Å². The maximum absolute atomic E-state index is 12.0. The topological polar surface area (TPSA) is 62.5 Å². The number of hydrogen-bond donors (Lipinski definition) is 2. The van der Waals surface area contributed by atoms with Gasteiger partial charge in [0, 0.05) is 18.2 Å². The Morgan fingerprint density at radius 2 is 2.22 bits per heavy atom. The molecule has 0 unspecified atom stereocenters. The number of phenolic OH excluding ortho intramolecular Hbond substituents is 1. The molecule has 0 radical (unpaired) electrons. The summed E-state index contributed by atoms with van der Waals surface area (Å²) in [6.45, 7) is 1.91. The van der Waals surface area contributed by atoms with E-state index in [1.54, 1.807) is 12.1 Å². The van der Waals surface area contributed by atoms with E-state index >= 15 is 0 Å². The number of halogens is 1. The van der Waals surface area contributed by atoms with E-state index in [-0.39, 0.29) is 16.7 Å². The quantitative estimate of drug-likeness (QED) is 0.893. The molecule has 1 aromatic carbocycles. The van der Waals surface area contributed by atoms with Crippen molar-refractivity contribution in [3.63, 3.8) is 0 Å². The van der Waals surface area contributed by atoms with Gasteiger partial charge in [0.15, 0.2) is 0 Å². The van der Waals surface area contributed by atoms with Crippen molar-refractivity contribution in [1.29, 1.82) is 0 Å². The molecule has 0 aliphatic heterocycles. The van der Waals surface area contributed by atoms with Crippen LogP contribution in [0.3, 0.4) is 0 Å². The number of benzene rings is 1. The van der Waals surface area contributed by atoms with Gasteiger partial charge in [-0.2, -0.15) is 0 Å². The van der Waals surface area contributed by atoms with E-state index in [9.17, 15) is 9.90 Å². The minimum absolute atomic E-state index is 0.0719. The highest BCUT2D eigenvalue weighted by Crippen LogP contribution is 2.26. The van der Waals surface area contributed by atoms with Crippen molar-refractivity contribution in [2.75, 3.05) is 5.32 Å². The van der Waals surface area contributed by atoms with Crippen LogP contribution in [0, 0.1) is 0 Å². The molecular weight excluding hydrogens is 254 g/mol. The first-order valence-corrected chi connectivity index (χ1v) is 5.86. The molecule has 94 valence electrons. The van der Waals surface area contributed by atoms with E-state index in [0.717, 1.165) is 0 Å². The number of hydrogen-bond acceptors (Lipinski definition) is 3. The predicted molar refractivity (Wildman–Crippen MR) is 69.2 cm³/mol. The van der Waals surface area contributed by atoms with E-state index in [1.165, 1.54) is 18.4 Å². The van der Waals surface area contributed by atoms with Gasteiger partial charge in [0.25, 0.3) is 5.91 Å². The number of anilines is 1. The summed E-state index contributed by atoms with van der Waals surface area (Å²) in [7, 11) is 0. The number of carbonyl (C=O) groups excluding carboxylic acids is 1. The smallest absolute Gasteiger partial charge is 0.259 e. The molecule has 0 atom stereocenters. The summed E-state index contributed by atoms with van der Waals surface area (Å²) in [4.78, 5) is 12.0. The fourth-order valence-electron chi connectivity index (χ4n) is 1.61. The largest absolute Gasteiger partial charge is 0.506 e. The number of nitrogens with one attached hydrogen (secondary N) is 1. The van der Waals surface area contributed by atoms with Gasteiger partial charge < -0.3 is 14.8 Å². The molecule has 2 aromatic rings. The molecule has 1 amide bonds. The Hall–Kier alpha value is -1.94. The lowest BCUT2D eigenvalue weighted by Gasteiger charge is -2.06. The molecular formula is C13H12ClNO3. The third-order valence-corrected chi connectivity index (χ3v) is 2.83. The van der Waals surface area contributed by atoms with Crippen LogP contribution < -0.4 is 5.32 Å². The first kappa shape index (κ1) is 12.5. The van der Waals surface area contributed by atoms with Gasteiger partial charge in [-0.1, -0.05) is 18.5 Å². The van der Waals surface area contributed by atoms with E-state index < -0.39 is 0 Å². The lowest BCUT2D eigenvalue weighted by molar-refractivity contribution is 0.102. The summed E-state index contributed by atoms with van der Waals surface area (Å²) in [5.74, 6) is 0.283. The molecule has 2 N–H and O–H groups in total. The van der Waals surface area contributed by atoms with Crippen molar-refractivity contribution in [3.8, 4) is 5.75 Å². The Balaban J connectivity index is 2.19. The van der Waals surface area contributed by atoms with Crippen molar-refractivity contribution < 1.29 is 14.3 Å². The fraction of sp³-hybridized carbons (Fsp3) is 0.154. The summed E-state index contributed by atoms with van der Waals surface area (Å²) in [5, 5.41) is 12.4. The lowest BCUT2D eigenvalue weighted by atomic mass is 10.2. The summed E-state index contributed by atoms with van der Waals surface area (Å²) in [6.07, 6.45) is 2.12. The zero-order valence-corrected chi connectivity index (χ0v) is 10.5. The molecule has 4 nitrogen and oxygen atoms in total. The minimum atomic E-state index is -0.276. The molecule has 0 fully saturated rings. The van der Waals surface area contributed by atoms with Gasteiger partial charge in [0.05, 0.1) is 16.8 Å². The standard InChI is InChI=1S/C13H12ClNO3/c1-2-12-9(5-6-18-12)13(17)15-8-3-4-10(14)11(16)7-8/h3-7,16H,2H2,1H3,(H,15,17). The highest BCUT2D eigenvalue weighted by molar-refractivity contribution is 6.32. The SMILES string of the molecule is CCc1occc1C(=O)Nc1ccc(Cl)c(O)c1. The van der Waals surface area contributed by atoms with Crippen molar-refractivity contribution in [3.05, 3.63) is 46.9 Å². The molecule has 1 aromatic heterocycles. The number of carbonyl (C=O) groups is 1. The molecule has 0 aliphatic carbocycles. The van der Waals surface area contributed by atoms with Gasteiger partial charge in [-0.05, 0) is 18.2 Å². The Kier molecular flexibility index (Phi) is 3.58. The van der Waals surface area contributed by atoms with Crippen molar-refractivity contribution in [1.82, 2.24) is 0 Å². The van der Waals surface area contributed by atoms with Crippen LogP contribution in [0.15, 0.2) is 34.9 Å². The van der Waals surface area contributed by atoms with Crippen molar-refractivity contribution >= 4 is 23.2 Å². The number of aryl methyl sites for hydroxylation is 1. The molecule has 1 heterocycles. The van der Waals surface area contributed by atoms with E-state index in [0.29, 0.717) is 23.4 Å². The van der Waals surface area contributed by atoms with Crippen LogP contribution in [0.1, 0.15) is 23.0 Å². The normalized spacial score (nSPS) is 10.3. The maximum Gasteiger partial charge on any atom is 0.259 e. The number of rotatable bonds is 3. The molecule has 0 bridgehead atoms. The van der Waals surface area contributed by atoms with Crippen LogP contribution in [0.2, 0.25) is 5.02 Å².